The molecule has 1 rings (SSSR count). The summed E-state index contributed by atoms with van der Waals surface area (Å²) in [6.07, 6.45) is 1.14. The van der Waals surface area contributed by atoms with E-state index in [-0.39, 0.29) is 0 Å². The second kappa shape index (κ2) is 1.80. The van der Waals surface area contributed by atoms with Gasteiger partial charge >= 0.3 is 0 Å². The Hall–Kier alpha value is 0.250. The molecule has 2 heteroatoms. The first-order valence-corrected chi connectivity index (χ1v) is 2.68. The van der Waals surface area contributed by atoms with E-state index in [0.29, 0.717) is 5.38 Å². The van der Waals surface area contributed by atoms with E-state index in [1.54, 1.807) is 0 Å². The van der Waals surface area contributed by atoms with Crippen LogP contribution < -0.4 is 5.32 Å². The molecule has 0 amide bonds. The molecule has 1 unspecified atom stereocenters. The Morgan fingerprint density at radius 2 is 2.50 bits per heavy atom. The van der Waals surface area contributed by atoms with Crippen LogP contribution >= 0.6 is 11.6 Å². The Bertz CT molecular complexity index is 40.8. The molecule has 36 valence electrons. The smallest absolute Gasteiger partial charge is 0.0472 e. The lowest BCUT2D eigenvalue weighted by Gasteiger charge is -1.87. The number of nitrogens with one attached hydrogen (secondary N) is 1. The van der Waals surface area contributed by atoms with Crippen LogP contribution in [0, 0.1) is 0 Å². The van der Waals surface area contributed by atoms with Crippen molar-refractivity contribution < 1.29 is 0 Å². The van der Waals surface area contributed by atoms with Crippen LogP contribution in [-0.2, 0) is 0 Å². The second-order valence-corrected chi connectivity index (χ2v) is 2.21. The fourth-order valence-corrected chi connectivity index (χ4v) is 0.838. The normalized spacial score (nSPS) is 34.5. The van der Waals surface area contributed by atoms with Crippen molar-refractivity contribution in [1.29, 1.82) is 0 Å². The molecule has 1 nitrogen and oxygen atoms in total. The average Bonchev–Trinajstić information content (AvgIpc) is 1.86. The molecule has 1 atom stereocenters. The van der Waals surface area contributed by atoms with Crippen molar-refractivity contribution in [3.63, 3.8) is 0 Å². The Labute approximate surface area is 42.7 Å². The SMILES string of the molecule is ClC1CCNC1. The lowest BCUT2D eigenvalue weighted by molar-refractivity contribution is 0.858. The fourth-order valence-electron chi connectivity index (χ4n) is 0.619. The Morgan fingerprint density at radius 1 is 1.67 bits per heavy atom. The highest BCUT2D eigenvalue weighted by molar-refractivity contribution is 6.20. The lowest BCUT2D eigenvalue weighted by atomic mass is 10.4. The molecule has 0 aromatic carbocycles. The van der Waals surface area contributed by atoms with Crippen molar-refractivity contribution in [2.45, 2.75) is 11.8 Å². The third kappa shape index (κ3) is 0.854. The van der Waals surface area contributed by atoms with E-state index >= 15 is 0 Å². The maximum absolute atomic E-state index is 5.65. The van der Waals surface area contributed by atoms with Crippen LogP contribution in [0.5, 0.6) is 0 Å². The van der Waals surface area contributed by atoms with Gasteiger partial charge in [0.1, 0.15) is 0 Å². The highest BCUT2D eigenvalue weighted by atomic mass is 35.5. The number of alkyl halides is 1. The van der Waals surface area contributed by atoms with E-state index in [9.17, 15) is 0 Å². The van der Waals surface area contributed by atoms with Gasteiger partial charge in [0, 0.05) is 11.9 Å². The zero-order chi connectivity index (χ0) is 4.41. The lowest BCUT2D eigenvalue weighted by Crippen LogP contribution is -2.07. The third-order valence-electron chi connectivity index (χ3n) is 1.00. The van der Waals surface area contributed by atoms with Gasteiger partial charge in [0.05, 0.1) is 0 Å². The second-order valence-electron chi connectivity index (χ2n) is 1.59. The van der Waals surface area contributed by atoms with Gasteiger partial charge < -0.3 is 5.32 Å². The molecule has 0 aromatic heterocycles. The van der Waals surface area contributed by atoms with Gasteiger partial charge in [-0.05, 0) is 13.0 Å². The highest BCUT2D eigenvalue weighted by Crippen LogP contribution is 2.03. The molecule has 0 aromatic rings. The first-order chi connectivity index (χ1) is 2.89. The predicted octanol–water partition coefficient (Wildman–Crippen LogP) is 0.587. The van der Waals surface area contributed by atoms with Gasteiger partial charge in [-0.2, -0.15) is 0 Å². The summed E-state index contributed by atoms with van der Waals surface area (Å²) in [7, 11) is 0. The Morgan fingerprint density at radius 3 is 2.67 bits per heavy atom. The maximum Gasteiger partial charge on any atom is 0.0472 e. The maximum atomic E-state index is 5.65. The zero-order valence-corrected chi connectivity index (χ0v) is 4.33. The molecule has 1 fully saturated rings. The molecular weight excluding hydrogens is 97.5 g/mol. The highest BCUT2D eigenvalue weighted by Gasteiger charge is 2.08. The summed E-state index contributed by atoms with van der Waals surface area (Å²) in [5.74, 6) is 0. The first-order valence-electron chi connectivity index (χ1n) is 2.24. The van der Waals surface area contributed by atoms with Crippen LogP contribution in [0.3, 0.4) is 0 Å². The van der Waals surface area contributed by atoms with Crippen LogP contribution in [0.15, 0.2) is 0 Å². The minimum atomic E-state index is 0.407. The quantitative estimate of drug-likeness (QED) is 0.445. The summed E-state index contributed by atoms with van der Waals surface area (Å²) in [4.78, 5) is 0. The minimum Gasteiger partial charge on any atom is -0.315 e. The topological polar surface area (TPSA) is 12.0 Å². The summed E-state index contributed by atoms with van der Waals surface area (Å²) >= 11 is 5.65. The molecule has 1 heterocycles. The molecule has 1 saturated heterocycles. The molecule has 0 bridgehead atoms. The number of hydrogen-bond donors (Lipinski definition) is 1. The monoisotopic (exact) mass is 105 g/mol. The summed E-state index contributed by atoms with van der Waals surface area (Å²) in [6, 6.07) is 0. The summed E-state index contributed by atoms with van der Waals surface area (Å²) in [5, 5.41) is 3.55. The molecule has 6 heavy (non-hydrogen) atoms. The van der Waals surface area contributed by atoms with Crippen molar-refractivity contribution in [3.8, 4) is 0 Å². The number of rotatable bonds is 0. The molecule has 0 spiro atoms. The van der Waals surface area contributed by atoms with E-state index in [1.807, 2.05) is 0 Å². The predicted molar refractivity (Wildman–Crippen MR) is 27.1 cm³/mol. The zero-order valence-electron chi connectivity index (χ0n) is 3.58. The molecule has 0 radical (unpaired) electrons. The van der Waals surface area contributed by atoms with Crippen molar-refractivity contribution in [2.75, 3.05) is 13.1 Å². The van der Waals surface area contributed by atoms with Gasteiger partial charge in [0.2, 0.25) is 0 Å². The van der Waals surface area contributed by atoms with Gasteiger partial charge in [-0.25, -0.2) is 0 Å². The Kier molecular flexibility index (Phi) is 1.33. The van der Waals surface area contributed by atoms with E-state index in [1.165, 1.54) is 0 Å². The van der Waals surface area contributed by atoms with Crippen molar-refractivity contribution in [3.05, 3.63) is 0 Å². The van der Waals surface area contributed by atoms with Gasteiger partial charge in [-0.3, -0.25) is 0 Å². The number of hydrogen-bond acceptors (Lipinski definition) is 1. The van der Waals surface area contributed by atoms with E-state index in [2.05, 4.69) is 5.32 Å². The first kappa shape index (κ1) is 4.41. The molecule has 1 aliphatic heterocycles. The molecule has 1 N–H and O–H groups in total. The average molecular weight is 106 g/mol. The van der Waals surface area contributed by atoms with Gasteiger partial charge in [-0.1, -0.05) is 0 Å². The standard InChI is InChI=1S/C4H8ClN/c5-4-1-2-6-3-4/h4,6H,1-3H2. The number of halogens is 1. The van der Waals surface area contributed by atoms with Crippen LogP contribution in [0.4, 0.5) is 0 Å². The van der Waals surface area contributed by atoms with Crippen LogP contribution in [0.25, 0.3) is 0 Å². The summed E-state index contributed by atoms with van der Waals surface area (Å²) < 4.78 is 0. The largest absolute Gasteiger partial charge is 0.315 e. The van der Waals surface area contributed by atoms with E-state index in [4.69, 9.17) is 11.6 Å². The molecule has 1 aliphatic rings. The Balaban J connectivity index is 2.18. The van der Waals surface area contributed by atoms with Crippen LogP contribution in [0.2, 0.25) is 0 Å². The molecular formula is C4H8ClN. The van der Waals surface area contributed by atoms with E-state index < -0.39 is 0 Å². The van der Waals surface area contributed by atoms with Crippen LogP contribution in [-0.4, -0.2) is 18.5 Å². The summed E-state index contributed by atoms with van der Waals surface area (Å²) in [5.41, 5.74) is 0. The molecule has 0 aliphatic carbocycles. The fraction of sp³-hybridized carbons (Fsp3) is 1.00. The van der Waals surface area contributed by atoms with Gasteiger partial charge in [0.25, 0.3) is 0 Å². The van der Waals surface area contributed by atoms with Crippen molar-refractivity contribution >= 4 is 11.6 Å². The third-order valence-corrected chi connectivity index (χ3v) is 1.37. The van der Waals surface area contributed by atoms with Crippen molar-refractivity contribution in [2.24, 2.45) is 0 Å². The minimum absolute atomic E-state index is 0.407. The molecule has 0 saturated carbocycles. The van der Waals surface area contributed by atoms with Crippen LogP contribution in [0.1, 0.15) is 6.42 Å². The van der Waals surface area contributed by atoms with Gasteiger partial charge in [0.15, 0.2) is 0 Å². The summed E-state index contributed by atoms with van der Waals surface area (Å²) in [6.45, 7) is 2.11. The van der Waals surface area contributed by atoms with Crippen molar-refractivity contribution in [1.82, 2.24) is 5.32 Å². The van der Waals surface area contributed by atoms with Gasteiger partial charge in [-0.15, -0.1) is 11.6 Å². The van der Waals surface area contributed by atoms with E-state index in [0.717, 1.165) is 19.5 Å².